The minimum Gasteiger partial charge on any atom is -0.497 e. The maximum absolute atomic E-state index is 12.9. The number of benzene rings is 2. The molecule has 0 amide bonds. The summed E-state index contributed by atoms with van der Waals surface area (Å²) in [6.45, 7) is 4.08. The number of anilines is 1. The minimum atomic E-state index is -0.212. The third-order valence-corrected chi connectivity index (χ3v) is 3.18. The van der Waals surface area contributed by atoms with Gasteiger partial charge in [-0.2, -0.15) is 0 Å². The Labute approximate surface area is 113 Å². The van der Waals surface area contributed by atoms with E-state index < -0.39 is 0 Å². The van der Waals surface area contributed by atoms with Gasteiger partial charge in [0.05, 0.1) is 7.11 Å². The molecule has 0 aliphatic heterocycles. The molecule has 0 fully saturated rings. The van der Waals surface area contributed by atoms with Gasteiger partial charge < -0.3 is 10.1 Å². The van der Waals surface area contributed by atoms with Crippen LogP contribution in [0.3, 0.4) is 0 Å². The van der Waals surface area contributed by atoms with Crippen LogP contribution >= 0.6 is 0 Å². The van der Waals surface area contributed by atoms with Gasteiger partial charge in [-0.25, -0.2) is 4.39 Å². The average molecular weight is 259 g/mol. The maximum Gasteiger partial charge on any atom is 0.123 e. The highest BCUT2D eigenvalue weighted by Crippen LogP contribution is 2.25. The van der Waals surface area contributed by atoms with Crippen molar-refractivity contribution in [3.05, 3.63) is 59.4 Å². The topological polar surface area (TPSA) is 21.3 Å². The lowest BCUT2D eigenvalue weighted by molar-refractivity contribution is 0.414. The Morgan fingerprint density at radius 3 is 2.37 bits per heavy atom. The Morgan fingerprint density at radius 2 is 1.79 bits per heavy atom. The lowest BCUT2D eigenvalue weighted by Crippen LogP contribution is -2.07. The SMILES string of the molecule is COc1ccc(NC(C)c2ccc(F)cc2)c(C)c1. The predicted molar refractivity (Wildman–Crippen MR) is 76.2 cm³/mol. The van der Waals surface area contributed by atoms with Gasteiger partial charge in [0, 0.05) is 11.7 Å². The van der Waals surface area contributed by atoms with Crippen molar-refractivity contribution in [1.29, 1.82) is 0 Å². The zero-order valence-electron chi connectivity index (χ0n) is 11.4. The van der Waals surface area contributed by atoms with Crippen molar-refractivity contribution in [3.8, 4) is 5.75 Å². The Kier molecular flexibility index (Phi) is 4.05. The van der Waals surface area contributed by atoms with E-state index in [0.717, 1.165) is 22.6 Å². The van der Waals surface area contributed by atoms with Crippen LogP contribution in [-0.4, -0.2) is 7.11 Å². The molecule has 19 heavy (non-hydrogen) atoms. The zero-order chi connectivity index (χ0) is 13.8. The first-order valence-electron chi connectivity index (χ1n) is 6.27. The van der Waals surface area contributed by atoms with Crippen LogP contribution in [0.5, 0.6) is 5.75 Å². The van der Waals surface area contributed by atoms with E-state index >= 15 is 0 Å². The minimum absolute atomic E-state index is 0.118. The highest BCUT2D eigenvalue weighted by atomic mass is 19.1. The normalized spacial score (nSPS) is 12.0. The molecule has 0 aliphatic rings. The smallest absolute Gasteiger partial charge is 0.123 e. The van der Waals surface area contributed by atoms with Gasteiger partial charge >= 0.3 is 0 Å². The summed E-state index contributed by atoms with van der Waals surface area (Å²) >= 11 is 0. The van der Waals surface area contributed by atoms with Crippen LogP contribution in [-0.2, 0) is 0 Å². The maximum atomic E-state index is 12.9. The van der Waals surface area contributed by atoms with E-state index in [4.69, 9.17) is 4.74 Å². The molecule has 1 N–H and O–H groups in total. The lowest BCUT2D eigenvalue weighted by atomic mass is 10.1. The monoisotopic (exact) mass is 259 g/mol. The molecule has 2 aromatic carbocycles. The summed E-state index contributed by atoms with van der Waals surface area (Å²) in [4.78, 5) is 0. The Balaban J connectivity index is 2.14. The van der Waals surface area contributed by atoms with Gasteiger partial charge in [0.15, 0.2) is 0 Å². The second kappa shape index (κ2) is 5.74. The molecule has 100 valence electrons. The van der Waals surface area contributed by atoms with E-state index in [0.29, 0.717) is 0 Å². The molecule has 0 aromatic heterocycles. The van der Waals surface area contributed by atoms with E-state index in [1.54, 1.807) is 19.2 Å². The van der Waals surface area contributed by atoms with Gasteiger partial charge in [0.25, 0.3) is 0 Å². The quantitative estimate of drug-likeness (QED) is 0.883. The van der Waals surface area contributed by atoms with E-state index in [-0.39, 0.29) is 11.9 Å². The van der Waals surface area contributed by atoms with Crippen LogP contribution in [0.15, 0.2) is 42.5 Å². The molecule has 0 aliphatic carbocycles. The Hall–Kier alpha value is -2.03. The summed E-state index contributed by atoms with van der Waals surface area (Å²) in [5.41, 5.74) is 3.22. The van der Waals surface area contributed by atoms with Crippen LogP contribution < -0.4 is 10.1 Å². The summed E-state index contributed by atoms with van der Waals surface area (Å²) in [6.07, 6.45) is 0. The second-order valence-electron chi connectivity index (χ2n) is 4.60. The van der Waals surface area contributed by atoms with Crippen LogP contribution in [0, 0.1) is 12.7 Å². The number of hydrogen-bond donors (Lipinski definition) is 1. The van der Waals surface area contributed by atoms with Gasteiger partial charge in [-0.05, 0) is 55.3 Å². The third-order valence-electron chi connectivity index (χ3n) is 3.18. The zero-order valence-corrected chi connectivity index (χ0v) is 11.4. The number of aryl methyl sites for hydroxylation is 1. The number of rotatable bonds is 4. The van der Waals surface area contributed by atoms with E-state index in [1.807, 2.05) is 25.1 Å². The van der Waals surface area contributed by atoms with Gasteiger partial charge in [-0.15, -0.1) is 0 Å². The van der Waals surface area contributed by atoms with Crippen LogP contribution in [0.1, 0.15) is 24.1 Å². The Morgan fingerprint density at radius 1 is 1.11 bits per heavy atom. The van der Waals surface area contributed by atoms with Crippen LogP contribution in [0.25, 0.3) is 0 Å². The fraction of sp³-hybridized carbons (Fsp3) is 0.250. The molecule has 2 aromatic rings. The highest BCUT2D eigenvalue weighted by molar-refractivity contribution is 5.54. The molecule has 0 bridgehead atoms. The molecule has 0 saturated carbocycles. The van der Waals surface area contributed by atoms with E-state index in [1.165, 1.54) is 12.1 Å². The van der Waals surface area contributed by atoms with Gasteiger partial charge in [0.2, 0.25) is 0 Å². The first-order valence-corrected chi connectivity index (χ1v) is 6.27. The van der Waals surface area contributed by atoms with Crippen molar-refractivity contribution in [3.63, 3.8) is 0 Å². The van der Waals surface area contributed by atoms with Crippen molar-refractivity contribution in [2.45, 2.75) is 19.9 Å². The summed E-state index contributed by atoms with van der Waals surface area (Å²) < 4.78 is 18.1. The van der Waals surface area contributed by atoms with Crippen LogP contribution in [0.4, 0.5) is 10.1 Å². The summed E-state index contributed by atoms with van der Waals surface area (Å²) in [6, 6.07) is 12.6. The highest BCUT2D eigenvalue weighted by Gasteiger charge is 2.07. The number of ether oxygens (including phenoxy) is 1. The van der Waals surface area contributed by atoms with Gasteiger partial charge in [-0.1, -0.05) is 12.1 Å². The largest absolute Gasteiger partial charge is 0.497 e. The van der Waals surface area contributed by atoms with Gasteiger partial charge in [-0.3, -0.25) is 0 Å². The third kappa shape index (κ3) is 3.25. The molecular weight excluding hydrogens is 241 g/mol. The standard InChI is InChI=1S/C16H18FNO/c1-11-10-15(19-3)8-9-16(11)18-12(2)13-4-6-14(17)7-5-13/h4-10,12,18H,1-3H3. The molecule has 0 radical (unpaired) electrons. The summed E-state index contributed by atoms with van der Waals surface area (Å²) in [7, 11) is 1.66. The lowest BCUT2D eigenvalue weighted by Gasteiger charge is -2.18. The Bertz CT molecular complexity index is 551. The molecular formula is C16H18FNO. The first-order chi connectivity index (χ1) is 9.10. The molecule has 3 heteroatoms. The van der Waals surface area contributed by atoms with E-state index in [9.17, 15) is 4.39 Å². The number of hydrogen-bond acceptors (Lipinski definition) is 2. The van der Waals surface area contributed by atoms with Gasteiger partial charge in [0.1, 0.15) is 11.6 Å². The van der Waals surface area contributed by atoms with Crippen molar-refractivity contribution >= 4 is 5.69 Å². The number of methoxy groups -OCH3 is 1. The summed E-state index contributed by atoms with van der Waals surface area (Å²) in [5.74, 6) is 0.633. The summed E-state index contributed by atoms with van der Waals surface area (Å²) in [5, 5.41) is 3.42. The first kappa shape index (κ1) is 13.4. The average Bonchev–Trinajstić information content (AvgIpc) is 2.41. The van der Waals surface area contributed by atoms with Crippen molar-refractivity contribution in [2.24, 2.45) is 0 Å². The van der Waals surface area contributed by atoms with Crippen molar-refractivity contribution in [2.75, 3.05) is 12.4 Å². The second-order valence-corrected chi connectivity index (χ2v) is 4.60. The van der Waals surface area contributed by atoms with Crippen molar-refractivity contribution in [1.82, 2.24) is 0 Å². The molecule has 0 spiro atoms. The van der Waals surface area contributed by atoms with Crippen LogP contribution in [0.2, 0.25) is 0 Å². The van der Waals surface area contributed by atoms with E-state index in [2.05, 4.69) is 12.2 Å². The van der Waals surface area contributed by atoms with Crippen molar-refractivity contribution < 1.29 is 9.13 Å². The predicted octanol–water partition coefficient (Wildman–Crippen LogP) is 4.32. The molecule has 1 unspecified atom stereocenters. The molecule has 2 nitrogen and oxygen atoms in total. The number of halogens is 1. The number of nitrogens with one attached hydrogen (secondary N) is 1. The fourth-order valence-corrected chi connectivity index (χ4v) is 1.99. The molecule has 2 rings (SSSR count). The fourth-order valence-electron chi connectivity index (χ4n) is 1.99. The molecule has 0 heterocycles. The molecule has 1 atom stereocenters. The molecule has 0 saturated heterocycles.